The maximum atomic E-state index is 15.2. The van der Waals surface area contributed by atoms with Crippen molar-refractivity contribution in [1.82, 2.24) is 19.7 Å². The molecule has 0 saturated carbocycles. The molecule has 5 aromatic rings. The van der Waals surface area contributed by atoms with Crippen LogP contribution >= 0.6 is 0 Å². The average Bonchev–Trinajstić information content (AvgIpc) is 3.40. The number of halogens is 1. The summed E-state index contributed by atoms with van der Waals surface area (Å²) in [5, 5.41) is 39.8. The first-order chi connectivity index (χ1) is 27.5. The van der Waals surface area contributed by atoms with Gasteiger partial charge in [0.25, 0.3) is 11.5 Å². The van der Waals surface area contributed by atoms with Crippen molar-refractivity contribution in [3.63, 3.8) is 0 Å². The molecule has 0 saturated heterocycles. The fraction of sp³-hybridized carbons (Fsp3) is 0.256. The Labute approximate surface area is 329 Å². The number of carbonyl (C=O) groups is 5. The summed E-state index contributed by atoms with van der Waals surface area (Å²) in [5.41, 5.74) is -1.84. The zero-order chi connectivity index (χ0) is 42.7. The summed E-state index contributed by atoms with van der Waals surface area (Å²) in [5.74, 6) is -5.96. The molecular formula is C39H40FN5O13. The van der Waals surface area contributed by atoms with E-state index in [-0.39, 0.29) is 30.1 Å². The molecule has 1 unspecified atom stereocenters. The van der Waals surface area contributed by atoms with Gasteiger partial charge in [-0.25, -0.2) is 13.9 Å². The normalized spacial score (nSPS) is 11.5. The Morgan fingerprint density at radius 2 is 1.60 bits per heavy atom. The Morgan fingerprint density at radius 3 is 2.19 bits per heavy atom. The average molecular weight is 806 g/mol. The first-order valence-corrected chi connectivity index (χ1v) is 17.3. The van der Waals surface area contributed by atoms with Crippen LogP contribution in [-0.4, -0.2) is 97.0 Å². The van der Waals surface area contributed by atoms with E-state index < -0.39 is 65.7 Å². The maximum Gasteiger partial charge on any atom is 0.336 e. The first kappa shape index (κ1) is 43.6. The van der Waals surface area contributed by atoms with Crippen LogP contribution in [-0.2, 0) is 30.5 Å². The fourth-order valence-corrected chi connectivity index (χ4v) is 5.65. The van der Waals surface area contributed by atoms with Gasteiger partial charge in [-0.05, 0) is 63.4 Å². The Balaban J connectivity index is 0.000000492. The number of nitrogens with one attached hydrogen (secondary N) is 2. The van der Waals surface area contributed by atoms with Crippen molar-refractivity contribution in [2.24, 2.45) is 0 Å². The van der Waals surface area contributed by atoms with E-state index in [0.717, 1.165) is 6.07 Å². The third-order valence-corrected chi connectivity index (χ3v) is 8.31. The standard InChI is InChI=1S/C33H32FN5O6.C6H8O7/c1-20(44-30(40)18-35-3)19-38-21(2)31(33(42)39(38)23-8-6-5-7-9-23)32(41)37-22-10-13-29(26(34)16-22)45-28-14-15-36-27-17-24(43-4)11-12-25(27)28;7-3(8)1-6(13,5(11)12)2-4(9)10/h5-17,20,35H,18-19H2,1-4H3,(H,37,41);13H,1-2H2,(H,7,8)(H,9,10)(H,11,12). The molecule has 0 aliphatic carbocycles. The van der Waals surface area contributed by atoms with Crippen LogP contribution < -0.4 is 25.7 Å². The van der Waals surface area contributed by atoms with Gasteiger partial charge in [-0.2, -0.15) is 0 Å². The molecule has 2 aromatic heterocycles. The van der Waals surface area contributed by atoms with Crippen molar-refractivity contribution in [2.45, 2.75) is 44.9 Å². The number of aliphatic hydroxyl groups is 1. The third kappa shape index (κ3) is 10.8. The first-order valence-electron chi connectivity index (χ1n) is 17.3. The van der Waals surface area contributed by atoms with Gasteiger partial charge in [0.1, 0.15) is 23.2 Å². The summed E-state index contributed by atoms with van der Waals surface area (Å²) in [6.07, 6.45) is -1.35. The molecule has 18 nitrogen and oxygen atoms in total. The van der Waals surface area contributed by atoms with Crippen LogP contribution in [0.3, 0.4) is 0 Å². The molecule has 0 radical (unpaired) electrons. The van der Waals surface area contributed by atoms with E-state index >= 15 is 4.39 Å². The van der Waals surface area contributed by atoms with E-state index in [1.165, 1.54) is 16.8 Å². The van der Waals surface area contributed by atoms with E-state index in [0.29, 0.717) is 33.8 Å². The number of benzene rings is 3. The number of aliphatic carboxylic acids is 3. The molecule has 0 aliphatic heterocycles. The lowest BCUT2D eigenvalue weighted by atomic mass is 9.96. The second kappa shape index (κ2) is 19.2. The zero-order valence-corrected chi connectivity index (χ0v) is 31.6. The predicted molar refractivity (Wildman–Crippen MR) is 204 cm³/mol. The number of aromatic nitrogens is 3. The molecule has 1 atom stereocenters. The number of fused-ring (bicyclic) bond motifs is 1. The van der Waals surface area contributed by atoms with Crippen molar-refractivity contribution < 1.29 is 63.0 Å². The SMILES string of the molecule is CNCC(=O)OC(C)Cn1c(C)c(C(=O)Nc2ccc(Oc3ccnc4cc(OC)ccc34)c(F)c2)c(=O)n1-c1ccccc1.O=C(O)CC(O)(CC(=O)O)C(=O)O. The minimum absolute atomic E-state index is 0.0307. The van der Waals surface area contributed by atoms with Gasteiger partial charge >= 0.3 is 23.9 Å². The van der Waals surface area contributed by atoms with Crippen LogP contribution in [0.1, 0.15) is 35.8 Å². The van der Waals surface area contributed by atoms with Gasteiger partial charge in [-0.3, -0.25) is 33.6 Å². The highest BCUT2D eigenvalue weighted by atomic mass is 19.1. The highest BCUT2D eigenvalue weighted by Gasteiger charge is 2.40. The van der Waals surface area contributed by atoms with E-state index in [4.69, 9.17) is 34.6 Å². The Bertz CT molecular complexity index is 2360. The number of hydrogen-bond donors (Lipinski definition) is 6. The number of anilines is 1. The van der Waals surface area contributed by atoms with Crippen molar-refractivity contribution in [3.8, 4) is 22.9 Å². The van der Waals surface area contributed by atoms with Crippen LogP contribution in [0.2, 0.25) is 0 Å². The number of carboxylic acids is 3. The Kier molecular flexibility index (Phi) is 14.4. The largest absolute Gasteiger partial charge is 0.497 e. The van der Waals surface area contributed by atoms with Crippen molar-refractivity contribution in [3.05, 3.63) is 106 Å². The number of pyridine rings is 1. The van der Waals surface area contributed by atoms with E-state index in [1.54, 1.807) is 93.5 Å². The fourth-order valence-electron chi connectivity index (χ4n) is 5.65. The number of hydrogen-bond acceptors (Lipinski definition) is 12. The Hall–Kier alpha value is -7.12. The molecule has 306 valence electrons. The van der Waals surface area contributed by atoms with Crippen molar-refractivity contribution >= 4 is 46.4 Å². The number of ether oxygens (including phenoxy) is 3. The molecule has 3 aromatic carbocycles. The van der Waals surface area contributed by atoms with Crippen molar-refractivity contribution in [1.29, 1.82) is 0 Å². The number of nitrogens with zero attached hydrogens (tertiary/aromatic N) is 3. The summed E-state index contributed by atoms with van der Waals surface area (Å²) in [6.45, 7) is 3.47. The lowest BCUT2D eigenvalue weighted by molar-refractivity contribution is -0.170. The predicted octanol–water partition coefficient (Wildman–Crippen LogP) is 3.59. The van der Waals surface area contributed by atoms with Crippen LogP contribution in [0.15, 0.2) is 83.8 Å². The lowest BCUT2D eigenvalue weighted by Crippen LogP contribution is -2.42. The lowest BCUT2D eigenvalue weighted by Gasteiger charge is -2.18. The molecule has 58 heavy (non-hydrogen) atoms. The number of amides is 1. The number of likely N-dealkylation sites (N-methyl/N-ethyl adjacent to an activating group) is 1. The van der Waals surface area contributed by atoms with Gasteiger partial charge < -0.3 is 45.3 Å². The van der Waals surface area contributed by atoms with Crippen LogP contribution in [0.25, 0.3) is 16.6 Å². The summed E-state index contributed by atoms with van der Waals surface area (Å²) in [7, 11) is 3.19. The minimum atomic E-state index is -2.74. The van der Waals surface area contributed by atoms with Gasteiger partial charge in [-0.15, -0.1) is 0 Å². The summed E-state index contributed by atoms with van der Waals surface area (Å²) >= 11 is 0. The van der Waals surface area contributed by atoms with E-state index in [9.17, 15) is 28.8 Å². The summed E-state index contributed by atoms with van der Waals surface area (Å²) < 4.78 is 34.7. The molecular weight excluding hydrogens is 765 g/mol. The number of esters is 1. The Morgan fingerprint density at radius 1 is 0.931 bits per heavy atom. The number of methoxy groups -OCH3 is 1. The van der Waals surface area contributed by atoms with E-state index in [2.05, 4.69) is 15.6 Å². The summed E-state index contributed by atoms with van der Waals surface area (Å²) in [6, 6.07) is 19.7. The molecule has 0 bridgehead atoms. The molecule has 2 heterocycles. The molecule has 5 rings (SSSR count). The smallest absolute Gasteiger partial charge is 0.336 e. The molecule has 19 heteroatoms. The molecule has 6 N–H and O–H groups in total. The molecule has 1 amide bonds. The highest BCUT2D eigenvalue weighted by molar-refractivity contribution is 6.05. The third-order valence-electron chi connectivity index (χ3n) is 8.31. The van der Waals surface area contributed by atoms with Gasteiger partial charge in [0, 0.05) is 29.4 Å². The summed E-state index contributed by atoms with van der Waals surface area (Å²) in [4.78, 5) is 74.0. The molecule has 0 spiro atoms. The molecule has 0 fully saturated rings. The van der Waals surface area contributed by atoms with Gasteiger partial charge in [0.2, 0.25) is 0 Å². The quantitative estimate of drug-likeness (QED) is 0.0779. The number of carboxylic acid groups (broad SMARTS) is 3. The van der Waals surface area contributed by atoms with Crippen molar-refractivity contribution in [2.75, 3.05) is 26.0 Å². The topological polar surface area (TPSA) is 258 Å². The van der Waals surface area contributed by atoms with Gasteiger partial charge in [0.15, 0.2) is 17.2 Å². The van der Waals surface area contributed by atoms with Gasteiger partial charge in [0.05, 0.1) is 49.9 Å². The van der Waals surface area contributed by atoms with E-state index in [1.807, 2.05) is 0 Å². The maximum absolute atomic E-state index is 15.2. The molecule has 0 aliphatic rings. The second-order valence-corrected chi connectivity index (χ2v) is 12.7. The highest BCUT2D eigenvalue weighted by Crippen LogP contribution is 2.33. The van der Waals surface area contributed by atoms with Crippen LogP contribution in [0, 0.1) is 12.7 Å². The number of rotatable bonds is 16. The number of carbonyl (C=O) groups excluding carboxylic acids is 2. The minimum Gasteiger partial charge on any atom is -0.497 e. The second-order valence-electron chi connectivity index (χ2n) is 12.7. The van der Waals surface area contributed by atoms with Crippen LogP contribution in [0.4, 0.5) is 10.1 Å². The number of para-hydroxylation sites is 1. The zero-order valence-electron chi connectivity index (χ0n) is 31.6. The van der Waals surface area contributed by atoms with Gasteiger partial charge in [-0.1, -0.05) is 18.2 Å². The monoisotopic (exact) mass is 805 g/mol. The van der Waals surface area contributed by atoms with Crippen LogP contribution in [0.5, 0.6) is 17.2 Å².